The number of aryl methyl sites for hydroxylation is 4. The number of benzene rings is 5. The lowest BCUT2D eigenvalue weighted by molar-refractivity contribution is 1.37. The molecule has 0 bridgehead atoms. The summed E-state index contributed by atoms with van der Waals surface area (Å²) in [6.07, 6.45) is 0. The minimum atomic E-state index is 0.919. The highest BCUT2D eigenvalue weighted by Crippen LogP contribution is 2.43. The van der Waals surface area contributed by atoms with E-state index in [-0.39, 0.29) is 0 Å². The molecule has 0 atom stereocenters. The molecule has 1 heterocycles. The van der Waals surface area contributed by atoms with Crippen LogP contribution in [0.3, 0.4) is 0 Å². The number of rotatable bonds is 2. The minimum absolute atomic E-state index is 0.919. The molecule has 2 heteroatoms. The second kappa shape index (κ2) is 7.78. The third-order valence-electron chi connectivity index (χ3n) is 6.53. The minimum Gasteiger partial charge on any atom is -0.244 e. The van der Waals surface area contributed by atoms with E-state index in [9.17, 15) is 0 Å². The topological polar surface area (TPSA) is 25.8 Å². The molecule has 34 heavy (non-hydrogen) atoms. The van der Waals surface area contributed by atoms with Crippen molar-refractivity contribution in [3.8, 4) is 22.3 Å². The third kappa shape index (κ3) is 3.34. The van der Waals surface area contributed by atoms with Crippen molar-refractivity contribution in [3.05, 3.63) is 107 Å². The molecule has 0 spiro atoms. The number of aromatic nitrogens is 2. The van der Waals surface area contributed by atoms with E-state index >= 15 is 0 Å². The highest BCUT2D eigenvalue weighted by atomic mass is 14.8. The molecule has 0 saturated carbocycles. The van der Waals surface area contributed by atoms with E-state index in [0.29, 0.717) is 0 Å². The van der Waals surface area contributed by atoms with Gasteiger partial charge in [-0.1, -0.05) is 95.1 Å². The van der Waals surface area contributed by atoms with Crippen LogP contribution in [0.2, 0.25) is 0 Å². The molecule has 6 rings (SSSR count). The summed E-state index contributed by atoms with van der Waals surface area (Å²) in [5.74, 6) is 0. The summed E-state index contributed by atoms with van der Waals surface area (Å²) in [5, 5.41) is 2.41. The first-order valence-corrected chi connectivity index (χ1v) is 11.8. The van der Waals surface area contributed by atoms with Gasteiger partial charge in [0.05, 0.1) is 22.1 Å². The van der Waals surface area contributed by atoms with Crippen LogP contribution in [-0.4, -0.2) is 9.97 Å². The van der Waals surface area contributed by atoms with Crippen LogP contribution in [0.5, 0.6) is 0 Å². The Balaban J connectivity index is 1.88. The Hall–Kier alpha value is -4.04. The molecule has 6 aromatic rings. The van der Waals surface area contributed by atoms with Crippen LogP contribution in [0.1, 0.15) is 22.3 Å². The van der Waals surface area contributed by atoms with Crippen molar-refractivity contribution in [1.82, 2.24) is 9.97 Å². The average Bonchev–Trinajstić information content (AvgIpc) is 2.79. The maximum atomic E-state index is 5.23. The van der Waals surface area contributed by atoms with Crippen molar-refractivity contribution < 1.29 is 0 Å². The summed E-state index contributed by atoms with van der Waals surface area (Å²) < 4.78 is 0. The predicted molar refractivity (Wildman–Crippen MR) is 144 cm³/mol. The molecule has 0 amide bonds. The average molecular weight is 439 g/mol. The fourth-order valence-corrected chi connectivity index (χ4v) is 5.35. The molecule has 0 saturated heterocycles. The van der Waals surface area contributed by atoms with Gasteiger partial charge in [-0.3, -0.25) is 0 Å². The van der Waals surface area contributed by atoms with E-state index in [4.69, 9.17) is 9.97 Å². The third-order valence-corrected chi connectivity index (χ3v) is 6.53. The summed E-state index contributed by atoms with van der Waals surface area (Å²) in [6.45, 7) is 8.63. The molecule has 0 radical (unpaired) electrons. The monoisotopic (exact) mass is 438 g/mol. The van der Waals surface area contributed by atoms with E-state index in [1.807, 2.05) is 12.1 Å². The van der Waals surface area contributed by atoms with Gasteiger partial charge in [0, 0.05) is 11.1 Å². The molecule has 2 nitrogen and oxygen atoms in total. The molecule has 0 aliphatic rings. The molecule has 0 unspecified atom stereocenters. The second-order valence-electron chi connectivity index (χ2n) is 9.46. The lowest BCUT2D eigenvalue weighted by Crippen LogP contribution is -1.97. The SMILES string of the molecule is Cc1cc(C)cc(-c2c3ccccc3c(-c3cc(C)cc(C)c3)c3nc4ccccc4nc23)c1. The van der Waals surface area contributed by atoms with Gasteiger partial charge in [0.25, 0.3) is 0 Å². The molecule has 0 aliphatic heterocycles. The number of fused-ring (bicyclic) bond motifs is 3. The van der Waals surface area contributed by atoms with Crippen molar-refractivity contribution in [2.24, 2.45) is 0 Å². The highest BCUT2D eigenvalue weighted by molar-refractivity contribution is 6.20. The van der Waals surface area contributed by atoms with Gasteiger partial charge < -0.3 is 0 Å². The maximum Gasteiger partial charge on any atom is 0.0985 e. The Labute approximate surface area is 199 Å². The second-order valence-corrected chi connectivity index (χ2v) is 9.46. The quantitative estimate of drug-likeness (QED) is 0.253. The number of nitrogens with zero attached hydrogens (tertiary/aromatic N) is 2. The first-order chi connectivity index (χ1) is 16.5. The highest BCUT2D eigenvalue weighted by Gasteiger charge is 2.20. The van der Waals surface area contributed by atoms with Crippen LogP contribution in [0.25, 0.3) is 55.1 Å². The Bertz CT molecular complexity index is 1580. The van der Waals surface area contributed by atoms with E-state index in [0.717, 1.165) is 33.2 Å². The van der Waals surface area contributed by atoms with Crippen LogP contribution >= 0.6 is 0 Å². The van der Waals surface area contributed by atoms with Crippen LogP contribution < -0.4 is 0 Å². The summed E-state index contributed by atoms with van der Waals surface area (Å²) in [4.78, 5) is 10.5. The van der Waals surface area contributed by atoms with Crippen LogP contribution in [0, 0.1) is 27.7 Å². The fraction of sp³-hybridized carbons (Fsp3) is 0.125. The van der Waals surface area contributed by atoms with Crippen molar-refractivity contribution >= 4 is 32.8 Å². The summed E-state index contributed by atoms with van der Waals surface area (Å²) in [5.41, 5.74) is 13.4. The lowest BCUT2D eigenvalue weighted by atomic mass is 9.88. The molecular weight excluding hydrogens is 412 g/mol. The molecule has 5 aromatic carbocycles. The lowest BCUT2D eigenvalue weighted by Gasteiger charge is -2.18. The van der Waals surface area contributed by atoms with Crippen LogP contribution in [-0.2, 0) is 0 Å². The predicted octanol–water partition coefficient (Wildman–Crippen LogP) is 8.50. The van der Waals surface area contributed by atoms with Crippen molar-refractivity contribution in [2.45, 2.75) is 27.7 Å². The number of hydrogen-bond acceptors (Lipinski definition) is 2. The maximum absolute atomic E-state index is 5.23. The van der Waals surface area contributed by atoms with Crippen LogP contribution in [0.4, 0.5) is 0 Å². The first kappa shape index (κ1) is 20.6. The van der Waals surface area contributed by atoms with E-state index in [1.165, 1.54) is 44.2 Å². The van der Waals surface area contributed by atoms with Gasteiger partial charge >= 0.3 is 0 Å². The Morgan fingerprint density at radius 3 is 1.18 bits per heavy atom. The zero-order valence-electron chi connectivity index (χ0n) is 20.0. The van der Waals surface area contributed by atoms with Gasteiger partial charge in [-0.25, -0.2) is 9.97 Å². The summed E-state index contributed by atoms with van der Waals surface area (Å²) in [7, 11) is 0. The Kier molecular flexibility index (Phi) is 4.70. The molecule has 0 fully saturated rings. The first-order valence-electron chi connectivity index (χ1n) is 11.8. The molecule has 0 aliphatic carbocycles. The summed E-state index contributed by atoms with van der Waals surface area (Å²) >= 11 is 0. The molecule has 0 N–H and O–H groups in total. The fourth-order valence-electron chi connectivity index (χ4n) is 5.35. The van der Waals surface area contributed by atoms with Gasteiger partial charge in [-0.2, -0.15) is 0 Å². The number of para-hydroxylation sites is 2. The van der Waals surface area contributed by atoms with E-state index < -0.39 is 0 Å². The zero-order valence-corrected chi connectivity index (χ0v) is 20.0. The standard InChI is InChI=1S/C32H26N2/c1-19-13-20(2)16-23(15-19)29-25-9-5-6-10-26(25)30(24-17-21(3)14-22(4)18-24)32-31(29)33-27-11-7-8-12-28(27)34-32/h5-18H,1-4H3. The van der Waals surface area contributed by atoms with Crippen molar-refractivity contribution in [2.75, 3.05) is 0 Å². The van der Waals surface area contributed by atoms with Gasteiger partial charge in [0.15, 0.2) is 0 Å². The van der Waals surface area contributed by atoms with Crippen molar-refractivity contribution in [3.63, 3.8) is 0 Å². The smallest absolute Gasteiger partial charge is 0.0985 e. The van der Waals surface area contributed by atoms with Crippen molar-refractivity contribution in [1.29, 1.82) is 0 Å². The van der Waals surface area contributed by atoms with E-state index in [1.54, 1.807) is 0 Å². The molecule has 164 valence electrons. The van der Waals surface area contributed by atoms with Gasteiger partial charge in [0.1, 0.15) is 0 Å². The van der Waals surface area contributed by atoms with Gasteiger partial charge in [0.2, 0.25) is 0 Å². The largest absolute Gasteiger partial charge is 0.244 e. The Morgan fingerprint density at radius 2 is 0.794 bits per heavy atom. The van der Waals surface area contributed by atoms with Gasteiger partial charge in [-0.05, 0) is 61.7 Å². The van der Waals surface area contributed by atoms with E-state index in [2.05, 4.69) is 100 Å². The van der Waals surface area contributed by atoms with Crippen LogP contribution in [0.15, 0.2) is 84.9 Å². The summed E-state index contributed by atoms with van der Waals surface area (Å²) in [6, 6.07) is 30.4. The molecular formula is C32H26N2. The number of hydrogen-bond donors (Lipinski definition) is 0. The zero-order chi connectivity index (χ0) is 23.4. The normalized spacial score (nSPS) is 11.5. The Morgan fingerprint density at radius 1 is 0.441 bits per heavy atom. The van der Waals surface area contributed by atoms with Gasteiger partial charge in [-0.15, -0.1) is 0 Å². The molecule has 1 aromatic heterocycles.